The molecule has 1 unspecified atom stereocenters. The maximum atomic E-state index is 14.7. The molecule has 7 aromatic carbocycles. The van der Waals surface area contributed by atoms with Crippen LogP contribution in [0, 0.1) is 0 Å². The first-order chi connectivity index (χ1) is 35.4. The second-order valence-electron chi connectivity index (χ2n) is 18.3. The lowest BCUT2D eigenvalue weighted by molar-refractivity contribution is -0.339. The SMILES string of the molecule is COc1ccc(O[C@@H]2O[C@H](COCc3ccccc3)[C@@H](O[C@H]3O[C@@H](C)[C@H](OCc4ccccc4)[C@H]4OC(c5ccc6ccccc6c5)O[C@@H]34)[C@H](OCc3ccccc3)[C@H]2N2C(=O)c3ccccc3C2=O)cc1. The van der Waals surface area contributed by atoms with Gasteiger partial charge in [-0.2, -0.15) is 0 Å². The van der Waals surface area contributed by atoms with Crippen molar-refractivity contribution >= 4 is 22.6 Å². The van der Waals surface area contributed by atoms with Crippen molar-refractivity contribution in [1.82, 2.24) is 4.90 Å². The quantitative estimate of drug-likeness (QED) is 0.0806. The molecule has 3 fully saturated rings. The van der Waals surface area contributed by atoms with Crippen molar-refractivity contribution < 1.29 is 57.0 Å². The van der Waals surface area contributed by atoms with Gasteiger partial charge in [-0.05, 0) is 76.9 Å². The molecule has 0 bridgehead atoms. The first-order valence-electron chi connectivity index (χ1n) is 24.3. The number of benzene rings is 7. The minimum atomic E-state index is -1.29. The van der Waals surface area contributed by atoms with Crippen molar-refractivity contribution in [1.29, 1.82) is 0 Å². The van der Waals surface area contributed by atoms with Crippen molar-refractivity contribution in [2.45, 2.75) is 94.4 Å². The average Bonchev–Trinajstić information content (AvgIpc) is 3.98. The van der Waals surface area contributed by atoms with Crippen LogP contribution in [0.15, 0.2) is 182 Å². The van der Waals surface area contributed by atoms with Gasteiger partial charge in [0.1, 0.15) is 54.2 Å². The number of hydrogen-bond acceptors (Lipinski definition) is 12. The Kier molecular flexibility index (Phi) is 14.2. The summed E-state index contributed by atoms with van der Waals surface area (Å²) in [7, 11) is 1.58. The molecule has 4 aliphatic heterocycles. The summed E-state index contributed by atoms with van der Waals surface area (Å²) in [5.74, 6) is -0.0323. The van der Waals surface area contributed by atoms with E-state index < -0.39 is 79.5 Å². The third-order valence-corrected chi connectivity index (χ3v) is 13.6. The van der Waals surface area contributed by atoms with E-state index in [1.807, 2.05) is 122 Å². The van der Waals surface area contributed by atoms with Crippen LogP contribution in [0.2, 0.25) is 0 Å². The fraction of sp³-hybridized carbons (Fsp3) is 0.288. The zero-order valence-corrected chi connectivity index (χ0v) is 39.8. The van der Waals surface area contributed by atoms with Crippen LogP contribution in [0.4, 0.5) is 0 Å². The van der Waals surface area contributed by atoms with Gasteiger partial charge in [0.05, 0.1) is 50.8 Å². The molecule has 0 radical (unpaired) electrons. The smallest absolute Gasteiger partial charge is 0.262 e. The Balaban J connectivity index is 0.989. The lowest BCUT2D eigenvalue weighted by atomic mass is 9.94. The van der Waals surface area contributed by atoms with Crippen LogP contribution in [-0.2, 0) is 57.7 Å². The van der Waals surface area contributed by atoms with E-state index in [-0.39, 0.29) is 30.9 Å². The summed E-state index contributed by atoms with van der Waals surface area (Å²) in [6.07, 6.45) is -9.00. The Morgan fingerprint density at radius 3 is 1.71 bits per heavy atom. The topological polar surface area (TPSA) is 130 Å². The maximum Gasteiger partial charge on any atom is 0.262 e. The number of methoxy groups -OCH3 is 1. The van der Waals surface area contributed by atoms with Crippen LogP contribution in [-0.4, -0.2) is 91.8 Å². The number of imide groups is 1. The monoisotopic (exact) mass is 969 g/mol. The highest BCUT2D eigenvalue weighted by atomic mass is 16.8. The predicted molar refractivity (Wildman–Crippen MR) is 265 cm³/mol. The summed E-state index contributed by atoms with van der Waals surface area (Å²) in [5.41, 5.74) is 4.11. The molecule has 0 N–H and O–H groups in total. The normalized spacial score (nSPS) is 26.9. The Bertz CT molecular complexity index is 2910. The minimum Gasteiger partial charge on any atom is -0.497 e. The summed E-state index contributed by atoms with van der Waals surface area (Å²) < 4.78 is 67.5. The van der Waals surface area contributed by atoms with Crippen LogP contribution in [0.25, 0.3) is 10.8 Å². The van der Waals surface area contributed by atoms with E-state index in [1.54, 1.807) is 55.6 Å². The summed E-state index contributed by atoms with van der Waals surface area (Å²) in [6, 6.07) is 56.2. The molecule has 72 heavy (non-hydrogen) atoms. The van der Waals surface area contributed by atoms with Crippen LogP contribution < -0.4 is 9.47 Å². The minimum absolute atomic E-state index is 0.0156. The molecule has 4 aliphatic rings. The van der Waals surface area contributed by atoms with Crippen LogP contribution >= 0.6 is 0 Å². The highest BCUT2D eigenvalue weighted by molar-refractivity contribution is 6.21. The zero-order valence-electron chi connectivity index (χ0n) is 39.8. The molecule has 4 heterocycles. The summed E-state index contributed by atoms with van der Waals surface area (Å²) in [4.78, 5) is 30.7. The van der Waals surface area contributed by atoms with E-state index in [9.17, 15) is 9.59 Å². The number of fused-ring (bicyclic) bond motifs is 3. The number of hydrogen-bond donors (Lipinski definition) is 0. The van der Waals surface area contributed by atoms with E-state index >= 15 is 0 Å². The molecule has 0 aliphatic carbocycles. The molecule has 11 rings (SSSR count). The van der Waals surface area contributed by atoms with E-state index in [2.05, 4.69) is 18.2 Å². The van der Waals surface area contributed by atoms with Crippen molar-refractivity contribution in [3.05, 3.63) is 215 Å². The van der Waals surface area contributed by atoms with E-state index in [0.717, 1.165) is 33.0 Å². The van der Waals surface area contributed by atoms with Gasteiger partial charge in [-0.3, -0.25) is 14.5 Å². The zero-order chi connectivity index (χ0) is 49.0. The molecular formula is C59H55NO12. The van der Waals surface area contributed by atoms with Crippen molar-refractivity contribution in [2.75, 3.05) is 13.7 Å². The van der Waals surface area contributed by atoms with Crippen molar-refractivity contribution in [3.8, 4) is 11.5 Å². The van der Waals surface area contributed by atoms with Gasteiger partial charge in [0, 0.05) is 5.56 Å². The average molecular weight is 970 g/mol. The van der Waals surface area contributed by atoms with Crippen LogP contribution in [0.5, 0.6) is 11.5 Å². The predicted octanol–water partition coefficient (Wildman–Crippen LogP) is 9.62. The van der Waals surface area contributed by atoms with Gasteiger partial charge in [0.25, 0.3) is 11.8 Å². The summed E-state index contributed by atoms with van der Waals surface area (Å²) >= 11 is 0. The first-order valence-corrected chi connectivity index (χ1v) is 24.3. The fourth-order valence-corrected chi connectivity index (χ4v) is 10.0. The molecule has 0 saturated carbocycles. The van der Waals surface area contributed by atoms with Gasteiger partial charge in [-0.15, -0.1) is 0 Å². The number of amides is 2. The van der Waals surface area contributed by atoms with Gasteiger partial charge >= 0.3 is 0 Å². The Morgan fingerprint density at radius 2 is 1.07 bits per heavy atom. The largest absolute Gasteiger partial charge is 0.497 e. The Labute approximate surface area is 418 Å². The molecule has 7 aromatic rings. The lowest BCUT2D eigenvalue weighted by Gasteiger charge is -2.50. The molecule has 2 amide bonds. The van der Waals surface area contributed by atoms with Crippen LogP contribution in [0.3, 0.4) is 0 Å². The van der Waals surface area contributed by atoms with Gasteiger partial charge in [-0.25, -0.2) is 0 Å². The van der Waals surface area contributed by atoms with Crippen LogP contribution in [0.1, 0.15) is 56.2 Å². The third kappa shape index (κ3) is 10.0. The Morgan fingerprint density at radius 1 is 0.514 bits per heavy atom. The van der Waals surface area contributed by atoms with Gasteiger partial charge in [-0.1, -0.05) is 140 Å². The second-order valence-corrected chi connectivity index (χ2v) is 18.3. The van der Waals surface area contributed by atoms with E-state index in [0.29, 0.717) is 18.1 Å². The van der Waals surface area contributed by atoms with Crippen molar-refractivity contribution in [3.63, 3.8) is 0 Å². The third-order valence-electron chi connectivity index (χ3n) is 13.6. The first kappa shape index (κ1) is 47.5. The van der Waals surface area contributed by atoms with Gasteiger partial charge < -0.3 is 47.4 Å². The van der Waals surface area contributed by atoms with Gasteiger partial charge in [0.15, 0.2) is 12.6 Å². The number of carbonyl (C=O) groups is 2. The molecule has 13 heteroatoms. The molecule has 0 aromatic heterocycles. The second kappa shape index (κ2) is 21.5. The number of carbonyl (C=O) groups excluding carboxylic acids is 2. The summed E-state index contributed by atoms with van der Waals surface area (Å²) in [5, 5.41) is 2.12. The molecule has 13 nitrogen and oxygen atoms in total. The number of ether oxygens (including phenoxy) is 10. The highest BCUT2D eigenvalue weighted by Gasteiger charge is 2.59. The van der Waals surface area contributed by atoms with E-state index in [1.165, 1.54) is 4.90 Å². The van der Waals surface area contributed by atoms with E-state index in [4.69, 9.17) is 47.4 Å². The molecular weight excluding hydrogens is 915 g/mol. The number of rotatable bonds is 17. The molecule has 3 saturated heterocycles. The standard InChI is InChI=1S/C59H55NO12/c1-37-50(65-34-39-18-8-4-9-19-39)53-54(72-57(71-53)43-27-26-41-22-12-13-23-42(41)32-43)59(67-37)70-51-48(36-64-33-38-16-6-3-7-17-38)69-58(68-45-30-28-44(63-2)29-31-45)49(52(51)66-35-40-20-10-5-11-21-40)60-55(61)46-24-14-15-25-47(46)56(60)62/h3-32,37,48-54,57-59H,33-36H2,1-2H3/t37-,48+,49+,50-,51+,52+,53+,54+,57?,58+,59+/m0/s1. The highest BCUT2D eigenvalue weighted by Crippen LogP contribution is 2.44. The summed E-state index contributed by atoms with van der Waals surface area (Å²) in [6.45, 7) is 2.54. The molecule has 368 valence electrons. The molecule has 0 spiro atoms. The molecule has 11 atom stereocenters. The lowest BCUT2D eigenvalue weighted by Crippen LogP contribution is -2.69. The maximum absolute atomic E-state index is 14.7. The van der Waals surface area contributed by atoms with Crippen molar-refractivity contribution in [2.24, 2.45) is 0 Å². The Hall–Kier alpha value is -6.78. The number of nitrogens with zero attached hydrogens (tertiary/aromatic N) is 1. The van der Waals surface area contributed by atoms with Gasteiger partial charge in [0.2, 0.25) is 6.29 Å². The fourth-order valence-electron chi connectivity index (χ4n) is 10.0.